The second-order valence-corrected chi connectivity index (χ2v) is 10.5. The lowest BCUT2D eigenvalue weighted by molar-refractivity contribution is 0.0730. The van der Waals surface area contributed by atoms with Gasteiger partial charge in [-0.2, -0.15) is 9.57 Å². The first-order valence-electron chi connectivity index (χ1n) is 9.96. The molecule has 4 rings (SSSR count). The Morgan fingerprint density at radius 1 is 1.23 bits per heavy atom. The predicted molar refractivity (Wildman–Crippen MR) is 114 cm³/mol. The van der Waals surface area contributed by atoms with Crippen LogP contribution >= 0.6 is 11.3 Å². The molecule has 0 radical (unpaired) electrons. The number of nitriles is 1. The molecule has 30 heavy (non-hydrogen) atoms. The first-order chi connectivity index (χ1) is 14.4. The van der Waals surface area contributed by atoms with Crippen LogP contribution in [0.15, 0.2) is 23.1 Å². The molecule has 1 aromatic heterocycles. The van der Waals surface area contributed by atoms with Gasteiger partial charge >= 0.3 is 0 Å². The fourth-order valence-electron chi connectivity index (χ4n) is 3.89. The predicted octanol–water partition coefficient (Wildman–Crippen LogP) is 3.08. The van der Waals surface area contributed by atoms with Gasteiger partial charge in [0.15, 0.2) is 0 Å². The third kappa shape index (κ3) is 3.88. The zero-order valence-corrected chi connectivity index (χ0v) is 18.4. The summed E-state index contributed by atoms with van der Waals surface area (Å²) in [5.41, 5.74) is 2.42. The Balaban J connectivity index is 1.62. The number of hydrogen-bond acceptors (Lipinski definition) is 6. The number of amides is 1. The van der Waals surface area contributed by atoms with Crippen LogP contribution in [0.4, 0.5) is 5.00 Å². The lowest BCUT2D eigenvalue weighted by Gasteiger charge is -2.26. The maximum Gasteiger partial charge on any atom is 0.256 e. The van der Waals surface area contributed by atoms with Gasteiger partial charge in [-0.05, 0) is 55.9 Å². The van der Waals surface area contributed by atoms with Gasteiger partial charge in [-0.3, -0.25) is 4.79 Å². The number of morpholine rings is 1. The van der Waals surface area contributed by atoms with E-state index in [2.05, 4.69) is 11.4 Å². The second-order valence-electron chi connectivity index (χ2n) is 7.48. The number of hydrogen-bond donors (Lipinski definition) is 1. The van der Waals surface area contributed by atoms with E-state index in [1.165, 1.54) is 21.7 Å². The Bertz CT molecular complexity index is 1130. The van der Waals surface area contributed by atoms with Gasteiger partial charge in [-0.1, -0.05) is 6.07 Å². The van der Waals surface area contributed by atoms with Gasteiger partial charge in [0, 0.05) is 23.5 Å². The van der Waals surface area contributed by atoms with Gasteiger partial charge in [0.25, 0.3) is 5.91 Å². The molecule has 1 aliphatic heterocycles. The summed E-state index contributed by atoms with van der Waals surface area (Å²) in [4.78, 5) is 14.2. The second kappa shape index (κ2) is 8.47. The van der Waals surface area contributed by atoms with Gasteiger partial charge in [0.2, 0.25) is 10.0 Å². The van der Waals surface area contributed by atoms with Crippen molar-refractivity contribution in [3.8, 4) is 6.07 Å². The van der Waals surface area contributed by atoms with Crippen molar-refractivity contribution < 1.29 is 17.9 Å². The highest BCUT2D eigenvalue weighted by Gasteiger charge is 2.29. The summed E-state index contributed by atoms with van der Waals surface area (Å²) in [6.45, 7) is 3.03. The van der Waals surface area contributed by atoms with Crippen molar-refractivity contribution in [3.05, 3.63) is 45.3 Å². The number of nitrogens with zero attached hydrogens (tertiary/aromatic N) is 2. The minimum Gasteiger partial charge on any atom is -0.379 e. The number of aryl methyl sites for hydroxylation is 2. The zero-order valence-electron chi connectivity index (χ0n) is 16.7. The molecule has 0 bridgehead atoms. The van der Waals surface area contributed by atoms with Crippen molar-refractivity contribution in [1.29, 1.82) is 5.26 Å². The van der Waals surface area contributed by atoms with Crippen molar-refractivity contribution in [2.45, 2.75) is 37.5 Å². The number of nitrogens with one attached hydrogen (secondary N) is 1. The van der Waals surface area contributed by atoms with Crippen molar-refractivity contribution in [2.75, 3.05) is 31.6 Å². The van der Waals surface area contributed by atoms with Crippen LogP contribution in [0.3, 0.4) is 0 Å². The largest absolute Gasteiger partial charge is 0.379 e. The molecule has 1 fully saturated rings. The zero-order chi connectivity index (χ0) is 21.3. The Morgan fingerprint density at radius 2 is 1.97 bits per heavy atom. The number of fused-ring (bicyclic) bond motifs is 1. The first kappa shape index (κ1) is 21.0. The van der Waals surface area contributed by atoms with E-state index in [1.54, 1.807) is 19.1 Å². The molecule has 1 amide bonds. The normalized spacial score (nSPS) is 17.2. The Labute approximate surface area is 180 Å². The summed E-state index contributed by atoms with van der Waals surface area (Å²) in [5, 5.41) is 13.0. The van der Waals surface area contributed by atoms with Crippen LogP contribution in [0.2, 0.25) is 0 Å². The van der Waals surface area contributed by atoms with Gasteiger partial charge in [0.05, 0.1) is 23.7 Å². The third-order valence-corrected chi connectivity index (χ3v) is 8.80. The fraction of sp³-hybridized carbons (Fsp3) is 0.429. The molecule has 0 unspecified atom stereocenters. The van der Waals surface area contributed by atoms with E-state index in [9.17, 15) is 18.5 Å². The molecule has 1 aromatic carbocycles. The van der Waals surface area contributed by atoms with Crippen molar-refractivity contribution in [3.63, 3.8) is 0 Å². The van der Waals surface area contributed by atoms with Gasteiger partial charge in [-0.25, -0.2) is 8.42 Å². The molecule has 158 valence electrons. The quantitative estimate of drug-likeness (QED) is 0.780. The number of anilines is 1. The third-order valence-electron chi connectivity index (χ3n) is 5.55. The average molecular weight is 446 g/mol. The van der Waals surface area contributed by atoms with Crippen molar-refractivity contribution in [2.24, 2.45) is 0 Å². The monoisotopic (exact) mass is 445 g/mol. The maximum absolute atomic E-state index is 13.1. The number of rotatable bonds is 4. The minimum absolute atomic E-state index is 0.128. The lowest BCUT2D eigenvalue weighted by atomic mass is 9.96. The standard InChI is InChI=1S/C21H23N3O4S2/c1-14-6-7-15(12-19(14)30(26,27)24-8-10-28-11-9-24)20(25)23-21-17(13-22)16-4-2-3-5-18(16)29-21/h6-7,12H,2-5,8-11H2,1H3,(H,23,25). The highest BCUT2D eigenvalue weighted by atomic mass is 32.2. The minimum atomic E-state index is -3.71. The highest BCUT2D eigenvalue weighted by molar-refractivity contribution is 7.89. The van der Waals surface area contributed by atoms with Crippen LogP contribution in [-0.4, -0.2) is 44.9 Å². The Kier molecular flexibility index (Phi) is 5.93. The Hall–Kier alpha value is -2.25. The lowest BCUT2D eigenvalue weighted by Crippen LogP contribution is -2.40. The van der Waals surface area contributed by atoms with Crippen LogP contribution in [-0.2, 0) is 27.6 Å². The number of sulfonamides is 1. The summed E-state index contributed by atoms with van der Waals surface area (Å²) >= 11 is 1.45. The van der Waals surface area contributed by atoms with Gasteiger partial charge < -0.3 is 10.1 Å². The summed E-state index contributed by atoms with van der Waals surface area (Å²) in [6.07, 6.45) is 3.92. The molecule has 2 aromatic rings. The van der Waals surface area contributed by atoms with Gasteiger partial charge in [-0.15, -0.1) is 11.3 Å². The van der Waals surface area contributed by atoms with E-state index in [0.29, 0.717) is 42.4 Å². The van der Waals surface area contributed by atoms with Gasteiger partial charge in [0.1, 0.15) is 11.1 Å². The fourth-order valence-corrected chi connectivity index (χ4v) is 6.79. The molecule has 0 saturated carbocycles. The van der Waals surface area contributed by atoms with Crippen LogP contribution in [0.1, 0.15) is 44.8 Å². The summed E-state index contributed by atoms with van der Waals surface area (Å²) in [7, 11) is -3.71. The number of benzene rings is 1. The van der Waals surface area contributed by atoms with E-state index >= 15 is 0 Å². The number of thiophene rings is 1. The first-order valence-corrected chi connectivity index (χ1v) is 12.2. The van der Waals surface area contributed by atoms with E-state index in [1.807, 2.05) is 0 Å². The molecule has 9 heteroatoms. The molecule has 0 atom stereocenters. The number of carbonyl (C=O) groups is 1. The van der Waals surface area contributed by atoms with E-state index in [-0.39, 0.29) is 10.5 Å². The summed E-state index contributed by atoms with van der Waals surface area (Å²) in [6, 6.07) is 6.91. The molecule has 1 saturated heterocycles. The molecule has 7 nitrogen and oxygen atoms in total. The van der Waals surface area contributed by atoms with Crippen LogP contribution in [0.25, 0.3) is 0 Å². The highest BCUT2D eigenvalue weighted by Crippen LogP contribution is 2.38. The maximum atomic E-state index is 13.1. The SMILES string of the molecule is Cc1ccc(C(=O)Nc2sc3c(c2C#N)CCCC3)cc1S(=O)(=O)N1CCOCC1. The molecule has 2 heterocycles. The molecule has 2 aliphatic rings. The van der Waals surface area contributed by atoms with E-state index in [0.717, 1.165) is 36.1 Å². The molecule has 0 spiro atoms. The molecule has 1 aliphatic carbocycles. The van der Waals surface area contributed by atoms with Crippen molar-refractivity contribution >= 4 is 32.3 Å². The average Bonchev–Trinajstić information content (AvgIpc) is 3.11. The number of ether oxygens (including phenoxy) is 1. The molecule has 1 N–H and O–H groups in total. The summed E-state index contributed by atoms with van der Waals surface area (Å²) < 4.78 is 32.8. The smallest absolute Gasteiger partial charge is 0.256 e. The van der Waals surface area contributed by atoms with Crippen LogP contribution in [0.5, 0.6) is 0 Å². The topological polar surface area (TPSA) is 99.5 Å². The number of carbonyl (C=O) groups excluding carboxylic acids is 1. The Morgan fingerprint density at radius 3 is 2.70 bits per heavy atom. The van der Waals surface area contributed by atoms with Crippen LogP contribution < -0.4 is 5.32 Å². The van der Waals surface area contributed by atoms with Crippen molar-refractivity contribution in [1.82, 2.24) is 4.31 Å². The van der Waals surface area contributed by atoms with E-state index in [4.69, 9.17) is 4.74 Å². The van der Waals surface area contributed by atoms with Crippen LogP contribution in [0, 0.1) is 18.3 Å². The summed E-state index contributed by atoms with van der Waals surface area (Å²) in [5.74, 6) is -0.413. The molecular formula is C21H23N3O4S2. The molecular weight excluding hydrogens is 422 g/mol. The van der Waals surface area contributed by atoms with E-state index < -0.39 is 15.9 Å².